The minimum absolute atomic E-state index is 0.0235. The molecular weight excluding hydrogens is 350 g/mol. The molecule has 156 valence electrons. The van der Waals surface area contributed by atoms with Gasteiger partial charge in [0.05, 0.1) is 0 Å². The Hall–Kier alpha value is -1.79. The maximum Gasteiger partial charge on any atom is 0.407 e. The van der Waals surface area contributed by atoms with Crippen molar-refractivity contribution < 1.29 is 29.0 Å². The number of aliphatic carboxylic acids is 1. The molecule has 7 heteroatoms. The minimum atomic E-state index is -1.30. The van der Waals surface area contributed by atoms with Crippen LogP contribution in [0.4, 0.5) is 4.79 Å². The van der Waals surface area contributed by atoms with Crippen LogP contribution in [0.15, 0.2) is 0 Å². The monoisotopic (exact) mass is 385 g/mol. The number of amides is 1. The van der Waals surface area contributed by atoms with E-state index in [1.807, 2.05) is 0 Å². The van der Waals surface area contributed by atoms with Gasteiger partial charge >= 0.3 is 18.0 Å². The molecule has 1 rings (SSSR count). The number of rotatable bonds is 7. The molecule has 0 aliphatic heterocycles. The lowest BCUT2D eigenvalue weighted by atomic mass is 9.75. The van der Waals surface area contributed by atoms with Crippen LogP contribution in [0.25, 0.3) is 0 Å². The lowest BCUT2D eigenvalue weighted by molar-refractivity contribution is -0.167. The van der Waals surface area contributed by atoms with E-state index in [9.17, 15) is 19.5 Å². The van der Waals surface area contributed by atoms with Gasteiger partial charge in [-0.2, -0.15) is 0 Å². The van der Waals surface area contributed by atoms with Crippen molar-refractivity contribution in [2.24, 2.45) is 23.7 Å². The second kappa shape index (κ2) is 9.95. The van der Waals surface area contributed by atoms with Crippen molar-refractivity contribution >= 4 is 18.0 Å². The van der Waals surface area contributed by atoms with Crippen LogP contribution in [0.1, 0.15) is 67.2 Å². The number of hydrogen-bond acceptors (Lipinski definition) is 5. The number of carbonyl (C=O) groups excluding carboxylic acids is 2. The van der Waals surface area contributed by atoms with E-state index in [0.29, 0.717) is 11.8 Å². The van der Waals surface area contributed by atoms with E-state index in [1.54, 1.807) is 20.8 Å². The Kier molecular flexibility index (Phi) is 8.57. The summed E-state index contributed by atoms with van der Waals surface area (Å²) < 4.78 is 10.7. The standard InChI is InChI=1S/C20H35NO6/c1-12(2)14-8-7-13(3)11-16(14)26-18(24)15(17(22)23)9-10-21-19(25)27-20(4,5)6/h12-16H,7-11H2,1-6H3,(H,21,25)(H,22,23)/t13-,14+,15?,16-/m1/s1. The van der Waals surface area contributed by atoms with Crippen LogP contribution in [0.2, 0.25) is 0 Å². The maximum atomic E-state index is 12.5. The highest BCUT2D eigenvalue weighted by molar-refractivity contribution is 5.94. The molecule has 1 aliphatic rings. The molecular formula is C20H35NO6. The van der Waals surface area contributed by atoms with Crippen LogP contribution < -0.4 is 5.32 Å². The van der Waals surface area contributed by atoms with Crippen LogP contribution in [-0.4, -0.2) is 41.4 Å². The zero-order valence-corrected chi connectivity index (χ0v) is 17.4. The Bertz CT molecular complexity index is 525. The van der Waals surface area contributed by atoms with E-state index >= 15 is 0 Å². The molecule has 1 aliphatic carbocycles. The van der Waals surface area contributed by atoms with E-state index in [4.69, 9.17) is 9.47 Å². The SMILES string of the molecule is CC(C)[C@@H]1CC[C@@H](C)C[C@H]1OC(=O)C(CCNC(=O)OC(C)(C)C)C(=O)O. The van der Waals surface area contributed by atoms with Crippen LogP contribution in [-0.2, 0) is 19.1 Å². The number of nitrogens with one attached hydrogen (secondary N) is 1. The van der Waals surface area contributed by atoms with Crippen LogP contribution in [0, 0.1) is 23.7 Å². The third-order valence-electron chi connectivity index (χ3n) is 4.91. The van der Waals surface area contributed by atoms with Crippen LogP contribution in [0.3, 0.4) is 0 Å². The van der Waals surface area contributed by atoms with Gasteiger partial charge in [0.2, 0.25) is 0 Å². The molecule has 0 aromatic carbocycles. The van der Waals surface area contributed by atoms with Crippen molar-refractivity contribution in [3.8, 4) is 0 Å². The molecule has 1 unspecified atom stereocenters. The van der Waals surface area contributed by atoms with Crippen LogP contribution >= 0.6 is 0 Å². The summed E-state index contributed by atoms with van der Waals surface area (Å²) in [7, 11) is 0. The molecule has 7 nitrogen and oxygen atoms in total. The van der Waals surface area contributed by atoms with Crippen LogP contribution in [0.5, 0.6) is 0 Å². The third kappa shape index (κ3) is 8.18. The Morgan fingerprint density at radius 1 is 1.19 bits per heavy atom. The van der Waals surface area contributed by atoms with E-state index in [1.165, 1.54) is 0 Å². The van der Waals surface area contributed by atoms with Gasteiger partial charge in [-0.25, -0.2) is 4.79 Å². The molecule has 1 amide bonds. The van der Waals surface area contributed by atoms with Gasteiger partial charge in [0.1, 0.15) is 11.7 Å². The van der Waals surface area contributed by atoms with E-state index < -0.39 is 29.6 Å². The molecule has 0 aromatic heterocycles. The van der Waals surface area contributed by atoms with Crippen molar-refractivity contribution in [1.29, 1.82) is 0 Å². The number of hydrogen-bond donors (Lipinski definition) is 2. The van der Waals surface area contributed by atoms with Gasteiger partial charge in [-0.05, 0) is 57.8 Å². The lowest BCUT2D eigenvalue weighted by Crippen LogP contribution is -2.40. The lowest BCUT2D eigenvalue weighted by Gasteiger charge is -2.37. The summed E-state index contributed by atoms with van der Waals surface area (Å²) in [5.74, 6) is -2.19. The average molecular weight is 386 g/mol. The van der Waals surface area contributed by atoms with Gasteiger partial charge in [-0.3, -0.25) is 9.59 Å². The Labute approximate surface area is 162 Å². The largest absolute Gasteiger partial charge is 0.481 e. The average Bonchev–Trinajstić information content (AvgIpc) is 2.48. The molecule has 4 atom stereocenters. The predicted octanol–water partition coefficient (Wildman–Crippen LogP) is 3.61. The molecule has 0 saturated heterocycles. The molecule has 27 heavy (non-hydrogen) atoms. The molecule has 0 bridgehead atoms. The highest BCUT2D eigenvalue weighted by atomic mass is 16.6. The number of esters is 1. The number of ether oxygens (including phenoxy) is 2. The smallest absolute Gasteiger partial charge is 0.407 e. The normalized spacial score (nSPS) is 24.2. The minimum Gasteiger partial charge on any atom is -0.481 e. The summed E-state index contributed by atoms with van der Waals surface area (Å²) in [6, 6.07) is 0. The number of carboxylic acids is 1. The van der Waals surface area contributed by atoms with Crippen molar-refractivity contribution in [3.63, 3.8) is 0 Å². The zero-order chi connectivity index (χ0) is 20.8. The van der Waals surface area contributed by atoms with Gasteiger partial charge in [0, 0.05) is 6.54 Å². The van der Waals surface area contributed by atoms with Crippen molar-refractivity contribution in [2.75, 3.05) is 6.54 Å². The maximum absolute atomic E-state index is 12.5. The fourth-order valence-corrected chi connectivity index (χ4v) is 3.46. The number of carboxylic acid groups (broad SMARTS) is 1. The highest BCUT2D eigenvalue weighted by Gasteiger charge is 2.36. The van der Waals surface area contributed by atoms with E-state index in [-0.39, 0.29) is 25.0 Å². The second-order valence-corrected chi connectivity index (χ2v) is 8.91. The number of carbonyl (C=O) groups is 3. The topological polar surface area (TPSA) is 102 Å². The third-order valence-corrected chi connectivity index (χ3v) is 4.91. The summed E-state index contributed by atoms with van der Waals surface area (Å²) in [5, 5.41) is 11.9. The molecule has 0 aromatic rings. The second-order valence-electron chi connectivity index (χ2n) is 8.91. The molecule has 0 spiro atoms. The van der Waals surface area contributed by atoms with Gasteiger partial charge < -0.3 is 19.9 Å². The fourth-order valence-electron chi connectivity index (χ4n) is 3.46. The number of alkyl carbamates (subject to hydrolysis) is 1. The van der Waals surface area contributed by atoms with Crippen molar-refractivity contribution in [2.45, 2.75) is 78.9 Å². The van der Waals surface area contributed by atoms with Crippen molar-refractivity contribution in [1.82, 2.24) is 5.32 Å². The Balaban J connectivity index is 2.61. The van der Waals surface area contributed by atoms with Crippen molar-refractivity contribution in [3.05, 3.63) is 0 Å². The summed E-state index contributed by atoms with van der Waals surface area (Å²) in [4.78, 5) is 35.7. The summed E-state index contributed by atoms with van der Waals surface area (Å²) in [5.41, 5.74) is -0.640. The van der Waals surface area contributed by atoms with Gasteiger partial charge in [-0.1, -0.05) is 27.2 Å². The quantitative estimate of drug-likeness (QED) is 0.513. The van der Waals surface area contributed by atoms with E-state index in [0.717, 1.165) is 19.3 Å². The van der Waals surface area contributed by atoms with E-state index in [2.05, 4.69) is 26.1 Å². The molecule has 1 fully saturated rings. The highest BCUT2D eigenvalue weighted by Crippen LogP contribution is 2.35. The summed E-state index contributed by atoms with van der Waals surface area (Å²) in [6.45, 7) is 11.6. The Morgan fingerprint density at radius 2 is 1.81 bits per heavy atom. The summed E-state index contributed by atoms with van der Waals surface area (Å²) in [6.07, 6.45) is 1.91. The molecule has 0 radical (unpaired) electrons. The molecule has 1 saturated carbocycles. The zero-order valence-electron chi connectivity index (χ0n) is 17.4. The fraction of sp³-hybridized carbons (Fsp3) is 0.850. The first-order chi connectivity index (χ1) is 12.4. The molecule has 2 N–H and O–H groups in total. The molecule has 0 heterocycles. The van der Waals surface area contributed by atoms with Gasteiger partial charge in [-0.15, -0.1) is 0 Å². The van der Waals surface area contributed by atoms with Gasteiger partial charge in [0.15, 0.2) is 5.92 Å². The first-order valence-corrected chi connectivity index (χ1v) is 9.80. The first-order valence-electron chi connectivity index (χ1n) is 9.80. The predicted molar refractivity (Wildman–Crippen MR) is 101 cm³/mol. The summed E-state index contributed by atoms with van der Waals surface area (Å²) >= 11 is 0. The Morgan fingerprint density at radius 3 is 2.33 bits per heavy atom. The first kappa shape index (κ1) is 23.2. The van der Waals surface area contributed by atoms with Gasteiger partial charge in [0.25, 0.3) is 0 Å².